The number of unbranched alkanes of at least 4 members (excludes halogenated alkanes) is 2. The van der Waals surface area contributed by atoms with Gasteiger partial charge < -0.3 is 38.0 Å². The lowest BCUT2D eigenvalue weighted by Crippen LogP contribution is -2.54. The van der Waals surface area contributed by atoms with Gasteiger partial charge in [0.05, 0.1) is 12.5 Å². The van der Waals surface area contributed by atoms with E-state index < -0.39 is 48.3 Å². The number of amides is 2. The molecule has 3 atom stereocenters. The van der Waals surface area contributed by atoms with E-state index in [1.165, 1.54) is 0 Å². The maximum atomic E-state index is 12.4. The van der Waals surface area contributed by atoms with Crippen molar-refractivity contribution in [2.45, 2.75) is 63.1 Å². The van der Waals surface area contributed by atoms with Gasteiger partial charge in [-0.1, -0.05) is 6.42 Å². The Kier molecular flexibility index (Phi) is 12.7. The van der Waals surface area contributed by atoms with E-state index in [9.17, 15) is 19.2 Å². The van der Waals surface area contributed by atoms with Gasteiger partial charge in [0.25, 0.3) is 0 Å². The summed E-state index contributed by atoms with van der Waals surface area (Å²) in [6.45, 7) is 0.885. The van der Waals surface area contributed by atoms with Crippen molar-refractivity contribution in [3.63, 3.8) is 0 Å². The summed E-state index contributed by atoms with van der Waals surface area (Å²) in [5.41, 5.74) is 16.6. The molecule has 11 nitrogen and oxygen atoms in total. The maximum Gasteiger partial charge on any atom is 0.326 e. The summed E-state index contributed by atoms with van der Waals surface area (Å²) in [4.78, 5) is 46.4. The van der Waals surface area contributed by atoms with Crippen LogP contribution < -0.4 is 27.8 Å². The average Bonchev–Trinajstić information content (AvgIpc) is 2.59. The van der Waals surface area contributed by atoms with Crippen LogP contribution in [0.1, 0.15) is 44.9 Å². The first-order valence-corrected chi connectivity index (χ1v) is 8.94. The lowest BCUT2D eigenvalue weighted by molar-refractivity contribution is -0.147. The van der Waals surface area contributed by atoms with Gasteiger partial charge in [-0.15, -0.1) is 0 Å². The third kappa shape index (κ3) is 11.2. The van der Waals surface area contributed by atoms with Crippen LogP contribution in [0.5, 0.6) is 0 Å². The lowest BCUT2D eigenvalue weighted by atomic mass is 10.1. The predicted molar refractivity (Wildman–Crippen MR) is 97.5 cm³/mol. The Morgan fingerprint density at radius 3 is 1.78 bits per heavy atom. The fourth-order valence-electron chi connectivity index (χ4n) is 2.33. The third-order valence-corrected chi connectivity index (χ3v) is 3.88. The first kappa shape index (κ1) is 24.8. The number of carboxylic acids is 2. The first-order chi connectivity index (χ1) is 12.7. The zero-order valence-corrected chi connectivity index (χ0v) is 15.4. The lowest BCUT2D eigenvalue weighted by Gasteiger charge is -2.22. The fourth-order valence-corrected chi connectivity index (χ4v) is 2.33. The van der Waals surface area contributed by atoms with Crippen LogP contribution in [0, 0.1) is 0 Å². The molecule has 0 fully saturated rings. The molecular weight excluding hydrogens is 358 g/mol. The summed E-state index contributed by atoms with van der Waals surface area (Å²) in [5.74, 6) is -4.15. The normalized spacial score (nSPS) is 14.0. The predicted octanol–water partition coefficient (Wildman–Crippen LogP) is -1.90. The van der Waals surface area contributed by atoms with E-state index in [1.807, 2.05) is 0 Å². The molecule has 0 rings (SSSR count). The molecule has 0 saturated carbocycles. The zero-order valence-electron chi connectivity index (χ0n) is 15.4. The van der Waals surface area contributed by atoms with Crippen molar-refractivity contribution < 1.29 is 29.4 Å². The summed E-state index contributed by atoms with van der Waals surface area (Å²) >= 11 is 0. The van der Waals surface area contributed by atoms with Crippen LogP contribution in [-0.4, -0.2) is 65.2 Å². The van der Waals surface area contributed by atoms with Gasteiger partial charge in [0.2, 0.25) is 11.8 Å². The minimum absolute atomic E-state index is 0.226. The van der Waals surface area contributed by atoms with E-state index in [4.69, 9.17) is 27.4 Å². The van der Waals surface area contributed by atoms with E-state index in [0.717, 1.165) is 6.42 Å². The van der Waals surface area contributed by atoms with E-state index in [1.54, 1.807) is 0 Å². The highest BCUT2D eigenvalue weighted by Crippen LogP contribution is 2.05. The number of aliphatic carboxylic acids is 2. The molecule has 0 saturated heterocycles. The summed E-state index contributed by atoms with van der Waals surface area (Å²) < 4.78 is 0. The van der Waals surface area contributed by atoms with Gasteiger partial charge in [-0.25, -0.2) is 4.79 Å². The van der Waals surface area contributed by atoms with Gasteiger partial charge in [0.15, 0.2) is 0 Å². The molecule has 0 radical (unpaired) electrons. The molecular formula is C16H31N5O6. The highest BCUT2D eigenvalue weighted by atomic mass is 16.4. The second kappa shape index (κ2) is 13.9. The van der Waals surface area contributed by atoms with Crippen LogP contribution >= 0.6 is 0 Å². The first-order valence-electron chi connectivity index (χ1n) is 8.94. The SMILES string of the molecule is NCCCC[C@H](NC(=O)[C@@H](N)CCCCN)C(=O)N[C@@H](CC(=O)O)C(=O)O. The summed E-state index contributed by atoms with van der Waals surface area (Å²) in [7, 11) is 0. The molecule has 10 N–H and O–H groups in total. The van der Waals surface area contributed by atoms with Crippen molar-refractivity contribution in [1.82, 2.24) is 10.6 Å². The van der Waals surface area contributed by atoms with Crippen molar-refractivity contribution >= 4 is 23.8 Å². The van der Waals surface area contributed by atoms with Gasteiger partial charge in [0.1, 0.15) is 12.1 Å². The zero-order chi connectivity index (χ0) is 20.8. The van der Waals surface area contributed by atoms with Crippen LogP contribution in [0.25, 0.3) is 0 Å². The number of carboxylic acid groups (broad SMARTS) is 2. The minimum Gasteiger partial charge on any atom is -0.481 e. The topological polar surface area (TPSA) is 211 Å². The van der Waals surface area contributed by atoms with E-state index in [-0.39, 0.29) is 6.42 Å². The smallest absolute Gasteiger partial charge is 0.326 e. The van der Waals surface area contributed by atoms with Gasteiger partial charge in [-0.05, 0) is 45.2 Å². The van der Waals surface area contributed by atoms with Crippen LogP contribution in [0.3, 0.4) is 0 Å². The van der Waals surface area contributed by atoms with Gasteiger partial charge >= 0.3 is 11.9 Å². The maximum absolute atomic E-state index is 12.4. The molecule has 156 valence electrons. The largest absolute Gasteiger partial charge is 0.481 e. The number of hydrogen-bond donors (Lipinski definition) is 7. The Balaban J connectivity index is 4.93. The number of nitrogens with two attached hydrogens (primary N) is 3. The molecule has 0 aliphatic carbocycles. The number of hydrogen-bond acceptors (Lipinski definition) is 7. The Bertz CT molecular complexity index is 502. The van der Waals surface area contributed by atoms with Gasteiger partial charge in [-0.2, -0.15) is 0 Å². The second-order valence-electron chi connectivity index (χ2n) is 6.23. The van der Waals surface area contributed by atoms with Crippen molar-refractivity contribution in [2.24, 2.45) is 17.2 Å². The van der Waals surface area contributed by atoms with Crippen LogP contribution in [0.4, 0.5) is 0 Å². The highest BCUT2D eigenvalue weighted by molar-refractivity contribution is 5.92. The van der Waals surface area contributed by atoms with Gasteiger partial charge in [0, 0.05) is 0 Å². The molecule has 11 heteroatoms. The Morgan fingerprint density at radius 1 is 0.778 bits per heavy atom. The number of carbonyl (C=O) groups excluding carboxylic acids is 2. The van der Waals surface area contributed by atoms with Crippen LogP contribution in [-0.2, 0) is 19.2 Å². The second-order valence-corrected chi connectivity index (χ2v) is 6.23. The molecule has 2 amide bonds. The quantitative estimate of drug-likeness (QED) is 0.156. The Labute approximate surface area is 158 Å². The van der Waals surface area contributed by atoms with Crippen molar-refractivity contribution in [3.05, 3.63) is 0 Å². The Morgan fingerprint density at radius 2 is 1.30 bits per heavy atom. The van der Waals surface area contributed by atoms with Crippen molar-refractivity contribution in [1.29, 1.82) is 0 Å². The van der Waals surface area contributed by atoms with Crippen LogP contribution in [0.15, 0.2) is 0 Å². The third-order valence-electron chi connectivity index (χ3n) is 3.88. The summed E-state index contributed by atoms with van der Waals surface area (Å²) in [6, 6.07) is -3.45. The van der Waals surface area contributed by atoms with E-state index in [0.29, 0.717) is 38.8 Å². The Hall–Kier alpha value is -2.24. The highest BCUT2D eigenvalue weighted by Gasteiger charge is 2.28. The van der Waals surface area contributed by atoms with Crippen LogP contribution in [0.2, 0.25) is 0 Å². The number of rotatable bonds is 15. The molecule has 0 bridgehead atoms. The van der Waals surface area contributed by atoms with E-state index >= 15 is 0 Å². The molecule has 0 heterocycles. The summed E-state index contributed by atoms with van der Waals surface area (Å²) in [5, 5.41) is 22.5. The molecule has 0 aromatic carbocycles. The monoisotopic (exact) mass is 389 g/mol. The minimum atomic E-state index is -1.60. The molecule has 0 aromatic rings. The van der Waals surface area contributed by atoms with E-state index in [2.05, 4.69) is 10.6 Å². The molecule has 0 aliphatic rings. The van der Waals surface area contributed by atoms with Crippen molar-refractivity contribution in [2.75, 3.05) is 13.1 Å². The molecule has 0 aliphatic heterocycles. The summed E-state index contributed by atoms with van der Waals surface area (Å²) in [6.07, 6.45) is 2.36. The molecule has 27 heavy (non-hydrogen) atoms. The van der Waals surface area contributed by atoms with Crippen molar-refractivity contribution in [3.8, 4) is 0 Å². The number of carbonyl (C=O) groups is 4. The fraction of sp³-hybridized carbons (Fsp3) is 0.750. The molecule has 0 spiro atoms. The number of nitrogens with one attached hydrogen (secondary N) is 2. The average molecular weight is 389 g/mol. The standard InChI is InChI=1S/C16H31N5O6/c17-7-3-1-5-10(19)14(24)20-11(6-2-4-8-18)15(25)21-12(16(26)27)9-13(22)23/h10-12H,1-9,17-19H2,(H,20,24)(H,21,25)(H,22,23)(H,26,27)/t10-,11-,12-/m0/s1. The molecule has 0 unspecified atom stereocenters. The molecule has 0 aromatic heterocycles. The van der Waals surface area contributed by atoms with Gasteiger partial charge in [-0.3, -0.25) is 14.4 Å².